The van der Waals surface area contributed by atoms with Crippen molar-refractivity contribution in [2.45, 2.75) is 47.1 Å². The third kappa shape index (κ3) is 6.19. The molecular weight excluding hydrogens is 442 g/mol. The SMILES string of the molecule is Cc1cc(-c2noc(-c3scc(CC(C)C)c3C)n2)cc(C)c1OC[C@H](O)CNC(=O)CO. The first-order chi connectivity index (χ1) is 15.7. The van der Waals surface area contributed by atoms with Gasteiger partial charge < -0.3 is 24.8 Å². The lowest BCUT2D eigenvalue weighted by atomic mass is 10.0. The van der Waals surface area contributed by atoms with E-state index >= 15 is 0 Å². The first kappa shape index (κ1) is 24.9. The maximum absolute atomic E-state index is 11.1. The highest BCUT2D eigenvalue weighted by molar-refractivity contribution is 7.13. The summed E-state index contributed by atoms with van der Waals surface area (Å²) in [5.41, 5.74) is 5.06. The highest BCUT2D eigenvalue weighted by atomic mass is 32.1. The fraction of sp³-hybridized carbons (Fsp3) is 0.458. The molecule has 178 valence electrons. The predicted octanol–water partition coefficient (Wildman–Crippen LogP) is 3.44. The number of thiophene rings is 1. The topological polar surface area (TPSA) is 118 Å². The number of carbonyl (C=O) groups is 1. The molecule has 0 fully saturated rings. The Balaban J connectivity index is 1.72. The number of benzene rings is 1. The number of hydrogen-bond acceptors (Lipinski definition) is 8. The molecule has 3 aromatic rings. The zero-order chi connectivity index (χ0) is 24.1. The third-order valence-corrected chi connectivity index (χ3v) is 6.33. The second kappa shape index (κ2) is 10.9. The van der Waals surface area contributed by atoms with Crippen LogP contribution < -0.4 is 10.1 Å². The number of rotatable bonds is 10. The summed E-state index contributed by atoms with van der Waals surface area (Å²) in [7, 11) is 0. The van der Waals surface area contributed by atoms with Gasteiger partial charge in [0.1, 0.15) is 25.1 Å². The van der Waals surface area contributed by atoms with E-state index in [4.69, 9.17) is 14.4 Å². The molecule has 0 aliphatic rings. The zero-order valence-electron chi connectivity index (χ0n) is 19.6. The summed E-state index contributed by atoms with van der Waals surface area (Å²) in [5.74, 6) is 1.72. The zero-order valence-corrected chi connectivity index (χ0v) is 20.5. The van der Waals surface area contributed by atoms with Gasteiger partial charge in [0.2, 0.25) is 11.7 Å². The number of nitrogens with zero attached hydrogens (tertiary/aromatic N) is 2. The number of amides is 1. The normalized spacial score (nSPS) is 12.2. The summed E-state index contributed by atoms with van der Waals surface area (Å²) >= 11 is 1.62. The highest BCUT2D eigenvalue weighted by Crippen LogP contribution is 2.34. The van der Waals surface area contributed by atoms with E-state index in [0.29, 0.717) is 23.4 Å². The van der Waals surface area contributed by atoms with Gasteiger partial charge in [-0.1, -0.05) is 19.0 Å². The first-order valence-electron chi connectivity index (χ1n) is 10.9. The number of carbonyl (C=O) groups excluding carboxylic acids is 1. The summed E-state index contributed by atoms with van der Waals surface area (Å²) in [5, 5.41) is 27.5. The van der Waals surface area contributed by atoms with Gasteiger partial charge in [0, 0.05) is 12.1 Å². The van der Waals surface area contributed by atoms with Gasteiger partial charge in [-0.25, -0.2) is 0 Å². The average Bonchev–Trinajstić information content (AvgIpc) is 3.38. The van der Waals surface area contributed by atoms with Crippen LogP contribution in [-0.2, 0) is 11.2 Å². The molecule has 0 saturated carbocycles. The van der Waals surface area contributed by atoms with Crippen molar-refractivity contribution in [3.05, 3.63) is 39.8 Å². The van der Waals surface area contributed by atoms with Gasteiger partial charge >= 0.3 is 0 Å². The molecule has 3 rings (SSSR count). The molecule has 1 atom stereocenters. The van der Waals surface area contributed by atoms with E-state index in [1.807, 2.05) is 26.0 Å². The minimum absolute atomic E-state index is 0.00221. The van der Waals surface area contributed by atoms with Gasteiger partial charge in [0.15, 0.2) is 0 Å². The monoisotopic (exact) mass is 473 g/mol. The number of aliphatic hydroxyl groups is 2. The van der Waals surface area contributed by atoms with Gasteiger partial charge in [-0.3, -0.25) is 4.79 Å². The molecule has 0 unspecified atom stereocenters. The summed E-state index contributed by atoms with van der Waals surface area (Å²) in [4.78, 5) is 16.7. The van der Waals surface area contributed by atoms with Gasteiger partial charge in [0.05, 0.1) is 4.88 Å². The second-order valence-corrected chi connectivity index (χ2v) is 9.48. The van der Waals surface area contributed by atoms with Crippen LogP contribution in [0.2, 0.25) is 0 Å². The molecule has 0 spiro atoms. The van der Waals surface area contributed by atoms with Crippen molar-refractivity contribution in [2.24, 2.45) is 5.92 Å². The molecule has 0 bridgehead atoms. The smallest absolute Gasteiger partial charge is 0.268 e. The largest absolute Gasteiger partial charge is 0.490 e. The quantitative estimate of drug-likeness (QED) is 0.413. The van der Waals surface area contributed by atoms with Gasteiger partial charge in [-0.2, -0.15) is 4.98 Å². The molecule has 0 aliphatic heterocycles. The predicted molar refractivity (Wildman–Crippen MR) is 127 cm³/mol. The molecule has 0 radical (unpaired) electrons. The van der Waals surface area contributed by atoms with Crippen LogP contribution in [0, 0.1) is 26.7 Å². The Morgan fingerprint density at radius 3 is 2.58 bits per heavy atom. The van der Waals surface area contributed by atoms with Gasteiger partial charge in [0.25, 0.3) is 5.89 Å². The van der Waals surface area contributed by atoms with Crippen LogP contribution in [0.3, 0.4) is 0 Å². The van der Waals surface area contributed by atoms with E-state index in [1.165, 1.54) is 11.1 Å². The van der Waals surface area contributed by atoms with Crippen molar-refractivity contribution in [3.63, 3.8) is 0 Å². The van der Waals surface area contributed by atoms with Gasteiger partial charge in [-0.05, 0) is 72.9 Å². The summed E-state index contributed by atoms with van der Waals surface area (Å²) in [6, 6.07) is 3.84. The van der Waals surface area contributed by atoms with Crippen molar-refractivity contribution in [3.8, 4) is 27.9 Å². The number of aliphatic hydroxyl groups excluding tert-OH is 2. The van der Waals surface area contributed by atoms with E-state index in [9.17, 15) is 9.90 Å². The number of aryl methyl sites for hydroxylation is 2. The number of nitrogens with one attached hydrogen (secondary N) is 1. The van der Waals surface area contributed by atoms with Crippen molar-refractivity contribution >= 4 is 17.2 Å². The van der Waals surface area contributed by atoms with Crippen LogP contribution in [0.1, 0.15) is 36.1 Å². The van der Waals surface area contributed by atoms with E-state index in [2.05, 4.69) is 41.6 Å². The highest BCUT2D eigenvalue weighted by Gasteiger charge is 2.19. The van der Waals surface area contributed by atoms with Crippen molar-refractivity contribution in [2.75, 3.05) is 19.8 Å². The molecule has 2 heterocycles. The van der Waals surface area contributed by atoms with E-state index < -0.39 is 18.6 Å². The molecule has 3 N–H and O–H groups in total. The molecular formula is C24H31N3O5S. The van der Waals surface area contributed by atoms with E-state index in [-0.39, 0.29) is 13.2 Å². The Hall–Kier alpha value is -2.75. The lowest BCUT2D eigenvalue weighted by Gasteiger charge is -2.16. The summed E-state index contributed by atoms with van der Waals surface area (Å²) < 4.78 is 11.4. The summed E-state index contributed by atoms with van der Waals surface area (Å²) in [6.45, 7) is 9.72. The molecule has 1 amide bonds. The Morgan fingerprint density at radius 1 is 1.24 bits per heavy atom. The second-order valence-electron chi connectivity index (χ2n) is 8.60. The average molecular weight is 474 g/mol. The lowest BCUT2D eigenvalue weighted by molar-refractivity contribution is -0.124. The molecule has 0 saturated heterocycles. The van der Waals surface area contributed by atoms with Crippen LogP contribution in [0.25, 0.3) is 22.2 Å². The Kier molecular flexibility index (Phi) is 8.23. The van der Waals surface area contributed by atoms with E-state index in [0.717, 1.165) is 28.0 Å². The minimum Gasteiger partial charge on any atom is -0.490 e. The molecule has 2 aromatic heterocycles. The van der Waals surface area contributed by atoms with Crippen molar-refractivity contribution < 1.29 is 24.3 Å². The number of ether oxygens (including phenoxy) is 1. The van der Waals surface area contributed by atoms with E-state index in [1.54, 1.807) is 11.3 Å². The maximum Gasteiger partial charge on any atom is 0.268 e. The molecule has 9 heteroatoms. The molecule has 33 heavy (non-hydrogen) atoms. The van der Waals surface area contributed by atoms with Crippen LogP contribution >= 0.6 is 11.3 Å². The fourth-order valence-electron chi connectivity index (χ4n) is 3.57. The maximum atomic E-state index is 11.1. The Morgan fingerprint density at radius 2 is 1.94 bits per heavy atom. The summed E-state index contributed by atoms with van der Waals surface area (Å²) in [6.07, 6.45) is 0.124. The Bertz CT molecular complexity index is 1080. The standard InChI is InChI=1S/C24H31N3O5S/c1-13(2)6-18-12-33-22(16(18)5)24-26-23(27-32-24)17-7-14(3)21(15(4)8-17)31-11-19(29)9-25-20(30)10-28/h7-8,12-13,19,28-29H,6,9-11H2,1-5H3,(H,25,30)/t19-/m1/s1. The van der Waals surface area contributed by atoms with Crippen LogP contribution in [0.15, 0.2) is 22.0 Å². The molecule has 0 aliphatic carbocycles. The lowest BCUT2D eigenvalue weighted by Crippen LogP contribution is -2.36. The number of hydrogen-bond donors (Lipinski definition) is 3. The van der Waals surface area contributed by atoms with Crippen molar-refractivity contribution in [1.82, 2.24) is 15.5 Å². The molecule has 1 aromatic carbocycles. The minimum atomic E-state index is -0.895. The van der Waals surface area contributed by atoms with Crippen LogP contribution in [0.5, 0.6) is 5.75 Å². The van der Waals surface area contributed by atoms with Crippen LogP contribution in [0.4, 0.5) is 0 Å². The Labute approximate surface area is 197 Å². The first-order valence-corrected chi connectivity index (χ1v) is 11.8. The van der Waals surface area contributed by atoms with Crippen molar-refractivity contribution in [1.29, 1.82) is 0 Å². The van der Waals surface area contributed by atoms with Crippen LogP contribution in [-0.4, -0.2) is 52.1 Å². The molecule has 8 nitrogen and oxygen atoms in total. The van der Waals surface area contributed by atoms with Gasteiger partial charge in [-0.15, -0.1) is 11.3 Å². The fourth-order valence-corrected chi connectivity index (χ4v) is 4.60. The number of aromatic nitrogens is 2. The third-order valence-electron chi connectivity index (χ3n) is 5.21.